The van der Waals surface area contributed by atoms with Crippen molar-refractivity contribution in [1.29, 1.82) is 0 Å². The van der Waals surface area contributed by atoms with E-state index < -0.39 is 65.9 Å². The summed E-state index contributed by atoms with van der Waals surface area (Å²) in [4.78, 5) is 16.2. The molecule has 15 heteroatoms. The second-order valence-electron chi connectivity index (χ2n) is 10.5. The van der Waals surface area contributed by atoms with Gasteiger partial charge in [0, 0.05) is 42.3 Å². The van der Waals surface area contributed by atoms with Crippen LogP contribution in [0.5, 0.6) is 0 Å². The first-order chi connectivity index (χ1) is 20.1. The van der Waals surface area contributed by atoms with Gasteiger partial charge in [-0.1, -0.05) is 31.9 Å². The Balaban J connectivity index is 1.56. The molecule has 0 radical (unpaired) electrons. The van der Waals surface area contributed by atoms with Gasteiger partial charge in [0.25, 0.3) is 5.91 Å². The number of nitrogens with zero attached hydrogens (tertiary/aromatic N) is 1. The topological polar surface area (TPSA) is 143 Å². The molecule has 1 unspecified atom stereocenters. The minimum atomic E-state index is -4.19. The van der Waals surface area contributed by atoms with Crippen LogP contribution in [-0.4, -0.2) is 50.2 Å². The Hall–Kier alpha value is -3.04. The highest BCUT2D eigenvalue weighted by Gasteiger charge is 2.50. The van der Waals surface area contributed by atoms with E-state index in [9.17, 15) is 39.9 Å². The molecule has 1 aliphatic rings. The van der Waals surface area contributed by atoms with E-state index in [4.69, 9.17) is 11.6 Å². The number of benzene rings is 2. The van der Waals surface area contributed by atoms with E-state index in [2.05, 4.69) is 15.0 Å². The number of amides is 1. The van der Waals surface area contributed by atoms with Gasteiger partial charge < -0.3 is 10.4 Å². The molecule has 1 heterocycles. The van der Waals surface area contributed by atoms with Crippen molar-refractivity contribution in [2.24, 2.45) is 11.8 Å². The maximum atomic E-state index is 13.8. The lowest BCUT2D eigenvalue weighted by molar-refractivity contribution is -0.0831. The number of carbonyl (C=O) groups excluding carboxylic acids is 1. The third-order valence-electron chi connectivity index (χ3n) is 7.89. The summed E-state index contributed by atoms with van der Waals surface area (Å²) in [5.74, 6) is -6.95. The molecule has 43 heavy (non-hydrogen) atoms. The molecule has 0 spiro atoms. The predicted molar refractivity (Wildman–Crippen MR) is 153 cm³/mol. The molecule has 1 amide bonds. The number of aromatic nitrogens is 1. The number of anilines is 1. The summed E-state index contributed by atoms with van der Waals surface area (Å²) < 4.78 is 96.1. The number of carbonyl (C=O) groups is 1. The fourth-order valence-electron chi connectivity index (χ4n) is 5.38. The van der Waals surface area contributed by atoms with Crippen molar-refractivity contribution >= 4 is 43.1 Å². The van der Waals surface area contributed by atoms with Crippen LogP contribution in [0.4, 0.5) is 18.9 Å². The van der Waals surface area contributed by atoms with Gasteiger partial charge in [0.15, 0.2) is 27.3 Å². The lowest BCUT2D eigenvalue weighted by Gasteiger charge is -2.47. The van der Waals surface area contributed by atoms with E-state index in [1.54, 1.807) is 13.8 Å². The first kappa shape index (κ1) is 32.9. The average Bonchev–Trinajstić information content (AvgIpc) is 2.96. The number of hydrogen-bond acceptors (Lipinski definition) is 7. The quantitative estimate of drug-likeness (QED) is 0.282. The van der Waals surface area contributed by atoms with Crippen LogP contribution in [0, 0.1) is 29.3 Å². The Bertz CT molecular complexity index is 1720. The first-order valence-electron chi connectivity index (χ1n) is 13.2. The molecular weight excluding hydrogens is 631 g/mol. The minimum Gasteiger partial charge on any atom is -0.388 e. The maximum absolute atomic E-state index is 13.8. The third-order valence-corrected chi connectivity index (χ3v) is 11.9. The van der Waals surface area contributed by atoms with Crippen molar-refractivity contribution in [1.82, 2.24) is 9.71 Å². The summed E-state index contributed by atoms with van der Waals surface area (Å²) in [6, 6.07) is 7.44. The van der Waals surface area contributed by atoms with Gasteiger partial charge >= 0.3 is 0 Å². The standard InChI is InChI=1S/C28H29ClF3N3O6S2/c1-3-18-11-21(9-16(2)28(18,37)15-34-43(40,41)20-5-4-8-33-14-20)42(38,39)25-10-17(6-7-22(25)29)27(36)35-19-12-23(30)26(32)24(31)13-19/h4-8,10,12-14,16,18,21,34,37H,3,9,11,15H2,1-2H3,(H,35,36)/t16-,18?,21-,28-/m0/s1. The number of sulfone groups is 1. The Morgan fingerprint density at radius 2 is 1.77 bits per heavy atom. The lowest BCUT2D eigenvalue weighted by atomic mass is 9.68. The van der Waals surface area contributed by atoms with E-state index >= 15 is 0 Å². The Labute approximate surface area is 252 Å². The fourth-order valence-corrected chi connectivity index (χ4v) is 8.89. The first-order valence-corrected chi connectivity index (χ1v) is 16.6. The van der Waals surface area contributed by atoms with Gasteiger partial charge in [0.1, 0.15) is 4.90 Å². The van der Waals surface area contributed by atoms with E-state index in [-0.39, 0.29) is 45.5 Å². The molecule has 4 atom stereocenters. The summed E-state index contributed by atoms with van der Waals surface area (Å²) in [6.45, 7) is 3.04. The van der Waals surface area contributed by atoms with Gasteiger partial charge in [-0.05, 0) is 55.0 Å². The molecule has 232 valence electrons. The normalized spacial score (nSPS) is 22.7. The molecule has 1 fully saturated rings. The third kappa shape index (κ3) is 6.73. The summed E-state index contributed by atoms with van der Waals surface area (Å²) in [5.41, 5.74) is -2.14. The van der Waals surface area contributed by atoms with Crippen LogP contribution in [-0.2, 0) is 19.9 Å². The second kappa shape index (κ2) is 12.5. The smallest absolute Gasteiger partial charge is 0.255 e. The lowest BCUT2D eigenvalue weighted by Crippen LogP contribution is -2.57. The van der Waals surface area contributed by atoms with Crippen molar-refractivity contribution in [3.05, 3.63) is 82.9 Å². The Morgan fingerprint density at radius 1 is 1.09 bits per heavy atom. The number of aliphatic hydroxyl groups is 1. The van der Waals surface area contributed by atoms with Crippen LogP contribution >= 0.6 is 11.6 Å². The van der Waals surface area contributed by atoms with Crippen LogP contribution in [0.3, 0.4) is 0 Å². The van der Waals surface area contributed by atoms with Crippen LogP contribution in [0.2, 0.25) is 5.02 Å². The largest absolute Gasteiger partial charge is 0.388 e. The van der Waals surface area contributed by atoms with Crippen molar-refractivity contribution in [3.63, 3.8) is 0 Å². The highest BCUT2D eigenvalue weighted by molar-refractivity contribution is 7.92. The van der Waals surface area contributed by atoms with E-state index in [1.807, 2.05) is 0 Å². The second-order valence-corrected chi connectivity index (χ2v) is 14.9. The van der Waals surface area contributed by atoms with Gasteiger partial charge in [-0.2, -0.15) is 0 Å². The van der Waals surface area contributed by atoms with Gasteiger partial charge in [-0.15, -0.1) is 0 Å². The zero-order valence-electron chi connectivity index (χ0n) is 23.0. The predicted octanol–water partition coefficient (Wildman–Crippen LogP) is 4.71. The highest BCUT2D eigenvalue weighted by atomic mass is 35.5. The van der Waals surface area contributed by atoms with Crippen molar-refractivity contribution in [2.45, 2.75) is 53.8 Å². The van der Waals surface area contributed by atoms with Gasteiger partial charge in [0.2, 0.25) is 10.0 Å². The number of sulfonamides is 1. The summed E-state index contributed by atoms with van der Waals surface area (Å²) in [7, 11) is -8.18. The number of rotatable bonds is 9. The van der Waals surface area contributed by atoms with E-state index in [1.165, 1.54) is 36.7 Å². The molecule has 4 rings (SSSR count). The molecular formula is C28H29ClF3N3O6S2. The molecule has 1 saturated carbocycles. The number of hydrogen-bond donors (Lipinski definition) is 3. The Morgan fingerprint density at radius 3 is 2.37 bits per heavy atom. The fraction of sp³-hybridized carbons (Fsp3) is 0.357. The number of nitrogens with one attached hydrogen (secondary N) is 2. The van der Waals surface area contributed by atoms with Crippen molar-refractivity contribution in [2.75, 3.05) is 11.9 Å². The number of halogens is 4. The molecule has 3 aromatic rings. The average molecular weight is 660 g/mol. The zero-order valence-corrected chi connectivity index (χ0v) is 25.4. The maximum Gasteiger partial charge on any atom is 0.255 e. The molecule has 0 bridgehead atoms. The molecule has 0 aliphatic heterocycles. The Kier molecular flexibility index (Phi) is 9.57. The van der Waals surface area contributed by atoms with E-state index in [0.717, 1.165) is 6.07 Å². The zero-order chi connectivity index (χ0) is 31.7. The monoisotopic (exact) mass is 659 g/mol. The van der Waals surface area contributed by atoms with Crippen LogP contribution in [0.15, 0.2) is 64.6 Å². The van der Waals surface area contributed by atoms with Gasteiger partial charge in [-0.3, -0.25) is 9.78 Å². The van der Waals surface area contributed by atoms with Crippen molar-refractivity contribution in [3.8, 4) is 0 Å². The van der Waals surface area contributed by atoms with Gasteiger partial charge in [-0.25, -0.2) is 34.7 Å². The van der Waals surface area contributed by atoms with Crippen LogP contribution < -0.4 is 10.0 Å². The van der Waals surface area contributed by atoms with Gasteiger partial charge in [0.05, 0.1) is 20.8 Å². The highest BCUT2D eigenvalue weighted by Crippen LogP contribution is 2.44. The molecule has 2 aromatic carbocycles. The van der Waals surface area contributed by atoms with Crippen molar-refractivity contribution < 1.29 is 39.9 Å². The van der Waals surface area contributed by atoms with E-state index in [0.29, 0.717) is 18.6 Å². The van der Waals surface area contributed by atoms with Crippen LogP contribution in [0.25, 0.3) is 0 Å². The molecule has 3 N–H and O–H groups in total. The van der Waals surface area contributed by atoms with Crippen LogP contribution in [0.1, 0.15) is 43.5 Å². The summed E-state index contributed by atoms with van der Waals surface area (Å²) in [6.07, 6.45) is 2.87. The summed E-state index contributed by atoms with van der Waals surface area (Å²) >= 11 is 6.26. The minimum absolute atomic E-state index is 0.0187. The molecule has 1 aromatic heterocycles. The number of pyridine rings is 1. The molecule has 9 nitrogen and oxygen atoms in total. The molecule has 0 saturated heterocycles. The summed E-state index contributed by atoms with van der Waals surface area (Å²) in [5, 5.41) is 12.6. The SMILES string of the molecule is CCC1C[C@@H](S(=O)(=O)c2cc(C(=O)Nc3cc(F)c(F)c(F)c3)ccc2Cl)C[C@H](C)[C@@]1(O)CNS(=O)(=O)c1cccnc1. The molecule has 1 aliphatic carbocycles.